The topological polar surface area (TPSA) is 68.3 Å². The van der Waals surface area contributed by atoms with E-state index >= 15 is 0 Å². The number of para-hydroxylation sites is 1. The highest BCUT2D eigenvalue weighted by atomic mass is 127. The number of ether oxygens (including phenoxy) is 1. The molecule has 1 amide bonds. The second kappa shape index (κ2) is 8.27. The summed E-state index contributed by atoms with van der Waals surface area (Å²) in [5.41, 5.74) is 1.94. The lowest BCUT2D eigenvalue weighted by Crippen LogP contribution is -2.43. The monoisotopic (exact) mass is 460 g/mol. The standard InChI is InChI=1S/C20H17IN2O3/c1-26-20(25)18(12-13-5-4-7-15(21)11-13)23-19(24)17-10-9-14-6-2-3-8-16(14)22-17/h2-11,18H,12H2,1H3,(H,23,24)/t18-/m1/s1. The van der Waals surface area contributed by atoms with Crippen LogP contribution in [0.3, 0.4) is 0 Å². The fourth-order valence-electron chi connectivity index (χ4n) is 2.66. The minimum absolute atomic E-state index is 0.264. The summed E-state index contributed by atoms with van der Waals surface area (Å²) in [5, 5.41) is 3.69. The molecule has 0 spiro atoms. The van der Waals surface area contributed by atoms with E-state index in [-0.39, 0.29) is 5.69 Å². The molecule has 0 saturated heterocycles. The van der Waals surface area contributed by atoms with Crippen molar-refractivity contribution in [2.24, 2.45) is 0 Å². The van der Waals surface area contributed by atoms with Gasteiger partial charge in [-0.3, -0.25) is 4.79 Å². The molecule has 0 fully saturated rings. The number of fused-ring (bicyclic) bond motifs is 1. The molecular weight excluding hydrogens is 443 g/mol. The van der Waals surface area contributed by atoms with Crippen LogP contribution in [0.5, 0.6) is 0 Å². The zero-order chi connectivity index (χ0) is 18.5. The summed E-state index contributed by atoms with van der Waals surface area (Å²) in [6.07, 6.45) is 0.350. The number of carbonyl (C=O) groups excluding carboxylic acids is 2. The lowest BCUT2D eigenvalue weighted by molar-refractivity contribution is -0.142. The van der Waals surface area contributed by atoms with E-state index in [9.17, 15) is 9.59 Å². The van der Waals surface area contributed by atoms with Crippen molar-refractivity contribution in [2.45, 2.75) is 12.5 Å². The van der Waals surface area contributed by atoms with E-state index in [4.69, 9.17) is 4.74 Å². The molecule has 0 aliphatic heterocycles. The zero-order valence-electron chi connectivity index (χ0n) is 14.1. The number of benzene rings is 2. The molecule has 1 N–H and O–H groups in total. The van der Waals surface area contributed by atoms with E-state index < -0.39 is 17.9 Å². The van der Waals surface area contributed by atoms with Crippen molar-refractivity contribution in [1.82, 2.24) is 10.3 Å². The Morgan fingerprint density at radius 1 is 1.12 bits per heavy atom. The summed E-state index contributed by atoms with van der Waals surface area (Å²) < 4.78 is 5.91. The van der Waals surface area contributed by atoms with Crippen LogP contribution in [0, 0.1) is 3.57 Å². The van der Waals surface area contributed by atoms with Crippen LogP contribution < -0.4 is 5.32 Å². The van der Waals surface area contributed by atoms with Crippen LogP contribution in [0.4, 0.5) is 0 Å². The zero-order valence-corrected chi connectivity index (χ0v) is 16.3. The smallest absolute Gasteiger partial charge is 0.328 e. The van der Waals surface area contributed by atoms with Gasteiger partial charge in [0.2, 0.25) is 0 Å². The lowest BCUT2D eigenvalue weighted by Gasteiger charge is -2.16. The van der Waals surface area contributed by atoms with Crippen molar-refractivity contribution in [3.05, 3.63) is 75.5 Å². The molecule has 3 rings (SSSR count). The highest BCUT2D eigenvalue weighted by molar-refractivity contribution is 14.1. The molecule has 0 saturated carbocycles. The average molecular weight is 460 g/mol. The van der Waals surface area contributed by atoms with Crippen molar-refractivity contribution < 1.29 is 14.3 Å². The number of hydrogen-bond donors (Lipinski definition) is 1. The summed E-state index contributed by atoms with van der Waals surface area (Å²) in [4.78, 5) is 29.1. The van der Waals surface area contributed by atoms with Gasteiger partial charge in [-0.15, -0.1) is 0 Å². The number of esters is 1. The van der Waals surface area contributed by atoms with Crippen molar-refractivity contribution >= 4 is 45.4 Å². The van der Waals surface area contributed by atoms with Gasteiger partial charge in [-0.1, -0.05) is 36.4 Å². The highest BCUT2D eigenvalue weighted by Crippen LogP contribution is 2.13. The molecule has 3 aromatic rings. The minimum Gasteiger partial charge on any atom is -0.467 e. The predicted molar refractivity (Wildman–Crippen MR) is 108 cm³/mol. The summed E-state index contributed by atoms with van der Waals surface area (Å²) in [5.74, 6) is -0.894. The Morgan fingerprint density at radius 2 is 1.92 bits per heavy atom. The molecule has 0 bridgehead atoms. The third-order valence-corrected chi connectivity index (χ3v) is 4.62. The Bertz CT molecular complexity index is 958. The molecule has 26 heavy (non-hydrogen) atoms. The van der Waals surface area contributed by atoms with E-state index in [1.165, 1.54) is 7.11 Å². The summed E-state index contributed by atoms with van der Waals surface area (Å²) >= 11 is 2.21. The minimum atomic E-state index is -0.779. The number of amides is 1. The number of nitrogens with one attached hydrogen (secondary N) is 1. The van der Waals surface area contributed by atoms with Gasteiger partial charge in [0.05, 0.1) is 12.6 Å². The molecule has 0 radical (unpaired) electrons. The van der Waals surface area contributed by atoms with Gasteiger partial charge in [-0.25, -0.2) is 9.78 Å². The molecular formula is C20H17IN2O3. The van der Waals surface area contributed by atoms with E-state index in [2.05, 4.69) is 32.9 Å². The van der Waals surface area contributed by atoms with E-state index in [1.54, 1.807) is 6.07 Å². The van der Waals surface area contributed by atoms with Gasteiger partial charge in [0.25, 0.3) is 5.91 Å². The number of aromatic nitrogens is 1. The first-order valence-corrected chi connectivity index (χ1v) is 9.13. The van der Waals surface area contributed by atoms with Crippen molar-refractivity contribution in [1.29, 1.82) is 0 Å². The van der Waals surface area contributed by atoms with Crippen molar-refractivity contribution in [3.8, 4) is 0 Å². The maximum Gasteiger partial charge on any atom is 0.328 e. The lowest BCUT2D eigenvalue weighted by atomic mass is 10.1. The van der Waals surface area contributed by atoms with Gasteiger partial charge >= 0.3 is 5.97 Å². The van der Waals surface area contributed by atoms with E-state index in [0.717, 1.165) is 20.0 Å². The quantitative estimate of drug-likeness (QED) is 0.469. The number of halogens is 1. The molecule has 6 heteroatoms. The van der Waals surface area contributed by atoms with Crippen LogP contribution >= 0.6 is 22.6 Å². The third kappa shape index (κ3) is 4.37. The van der Waals surface area contributed by atoms with Gasteiger partial charge in [-0.2, -0.15) is 0 Å². The number of hydrogen-bond acceptors (Lipinski definition) is 4. The van der Waals surface area contributed by atoms with Crippen LogP contribution in [0.25, 0.3) is 10.9 Å². The fourth-order valence-corrected chi connectivity index (χ4v) is 3.27. The molecule has 0 aliphatic rings. The number of pyridine rings is 1. The Hall–Kier alpha value is -2.48. The van der Waals surface area contributed by atoms with Crippen LogP contribution in [0.15, 0.2) is 60.7 Å². The second-order valence-corrected chi connectivity index (χ2v) is 7.02. The summed E-state index contributed by atoms with van der Waals surface area (Å²) in [6.45, 7) is 0. The van der Waals surface area contributed by atoms with Gasteiger partial charge in [0.15, 0.2) is 0 Å². The van der Waals surface area contributed by atoms with Crippen molar-refractivity contribution in [2.75, 3.05) is 7.11 Å². The molecule has 132 valence electrons. The maximum absolute atomic E-state index is 12.6. The number of methoxy groups -OCH3 is 1. The first-order valence-electron chi connectivity index (χ1n) is 8.06. The first-order chi connectivity index (χ1) is 12.6. The van der Waals surface area contributed by atoms with Crippen LogP contribution in [0.1, 0.15) is 16.1 Å². The largest absolute Gasteiger partial charge is 0.467 e. The van der Waals surface area contributed by atoms with E-state index in [1.807, 2.05) is 54.6 Å². The van der Waals surface area contributed by atoms with Gasteiger partial charge in [0, 0.05) is 15.4 Å². The molecule has 2 aromatic carbocycles. The molecule has 1 heterocycles. The van der Waals surface area contributed by atoms with Gasteiger partial charge in [-0.05, 0) is 52.4 Å². The summed E-state index contributed by atoms with van der Waals surface area (Å²) in [6, 6.07) is 18.0. The average Bonchev–Trinajstić information content (AvgIpc) is 2.66. The van der Waals surface area contributed by atoms with Gasteiger partial charge < -0.3 is 10.1 Å². The normalized spacial score (nSPS) is 11.8. The Balaban J connectivity index is 1.80. The van der Waals surface area contributed by atoms with Crippen molar-refractivity contribution in [3.63, 3.8) is 0 Å². The number of rotatable bonds is 5. The number of carbonyl (C=O) groups is 2. The Kier molecular flexibility index (Phi) is 5.82. The Labute approximate surface area is 164 Å². The molecule has 5 nitrogen and oxygen atoms in total. The third-order valence-electron chi connectivity index (χ3n) is 3.95. The van der Waals surface area contributed by atoms with Crippen LogP contribution in [-0.4, -0.2) is 30.0 Å². The SMILES string of the molecule is COC(=O)[C@@H](Cc1cccc(I)c1)NC(=O)c1ccc2ccccc2n1. The summed E-state index contributed by atoms with van der Waals surface area (Å²) in [7, 11) is 1.31. The molecule has 0 aliphatic carbocycles. The first kappa shape index (κ1) is 18.3. The highest BCUT2D eigenvalue weighted by Gasteiger charge is 2.23. The van der Waals surface area contributed by atoms with Crippen LogP contribution in [0.2, 0.25) is 0 Å². The molecule has 0 unspecified atom stereocenters. The van der Waals surface area contributed by atoms with E-state index in [0.29, 0.717) is 6.42 Å². The second-order valence-electron chi connectivity index (χ2n) is 5.77. The van der Waals surface area contributed by atoms with Crippen LogP contribution in [-0.2, 0) is 16.0 Å². The molecule has 1 aromatic heterocycles. The molecule has 1 atom stereocenters. The predicted octanol–water partition coefficient (Wildman–Crippen LogP) is 3.35. The van der Waals surface area contributed by atoms with Gasteiger partial charge in [0.1, 0.15) is 11.7 Å². The maximum atomic E-state index is 12.6. The fraction of sp³-hybridized carbons (Fsp3) is 0.150. The Morgan fingerprint density at radius 3 is 2.69 bits per heavy atom. The number of nitrogens with zero attached hydrogens (tertiary/aromatic N) is 1.